The van der Waals surface area contributed by atoms with E-state index >= 15 is 0 Å². The van der Waals surface area contributed by atoms with Crippen LogP contribution in [0.3, 0.4) is 0 Å². The van der Waals surface area contributed by atoms with Gasteiger partial charge in [-0.15, -0.1) is 0 Å². The first-order valence-corrected chi connectivity index (χ1v) is 7.14. The van der Waals surface area contributed by atoms with Crippen LogP contribution < -0.4 is 0 Å². The van der Waals surface area contributed by atoms with Crippen LogP contribution in [0.25, 0.3) is 0 Å². The Kier molecular flexibility index (Phi) is 4.62. The number of fused-ring (bicyclic) bond motifs is 1. The van der Waals surface area contributed by atoms with Gasteiger partial charge in [-0.25, -0.2) is 0 Å². The summed E-state index contributed by atoms with van der Waals surface area (Å²) in [6, 6.07) is 5.52. The largest absolute Gasteiger partial charge is 0.480 e. The molecule has 6 nitrogen and oxygen atoms in total. The van der Waals surface area contributed by atoms with Gasteiger partial charge in [-0.3, -0.25) is 14.4 Å². The minimum atomic E-state index is -2.19. The van der Waals surface area contributed by atoms with Crippen molar-refractivity contribution in [2.45, 2.75) is 25.4 Å². The molecule has 21 heavy (non-hydrogen) atoms. The molecule has 0 saturated carbocycles. The van der Waals surface area contributed by atoms with Crippen LogP contribution in [0.2, 0.25) is 0 Å². The van der Waals surface area contributed by atoms with Gasteiger partial charge in [0.15, 0.2) is 0 Å². The van der Waals surface area contributed by atoms with Gasteiger partial charge in [0, 0.05) is 4.47 Å². The van der Waals surface area contributed by atoms with Crippen molar-refractivity contribution in [2.24, 2.45) is 5.92 Å². The summed E-state index contributed by atoms with van der Waals surface area (Å²) in [7, 11) is 0. The SMILES string of the molecule is O=C(O)C(C(=O)O)C(=O)OC1CCCc2cc(Br)ccc21. The van der Waals surface area contributed by atoms with Crippen LogP contribution in [-0.4, -0.2) is 28.1 Å². The first-order valence-electron chi connectivity index (χ1n) is 6.34. The summed E-state index contributed by atoms with van der Waals surface area (Å²) < 4.78 is 6.03. The van der Waals surface area contributed by atoms with Gasteiger partial charge in [0.1, 0.15) is 6.10 Å². The molecule has 0 heterocycles. The van der Waals surface area contributed by atoms with Gasteiger partial charge >= 0.3 is 17.9 Å². The topological polar surface area (TPSA) is 101 Å². The van der Waals surface area contributed by atoms with Crippen molar-refractivity contribution >= 4 is 33.8 Å². The third kappa shape index (κ3) is 3.41. The quantitative estimate of drug-likeness (QED) is 0.633. The number of carbonyl (C=O) groups excluding carboxylic acids is 1. The fourth-order valence-electron chi connectivity index (χ4n) is 2.38. The Bertz CT molecular complexity index is 583. The van der Waals surface area contributed by atoms with Crippen molar-refractivity contribution in [3.8, 4) is 0 Å². The van der Waals surface area contributed by atoms with E-state index in [1.165, 1.54) is 0 Å². The first kappa shape index (κ1) is 15.5. The molecule has 0 bridgehead atoms. The molecule has 112 valence electrons. The molecule has 1 aliphatic carbocycles. The molecule has 0 spiro atoms. The molecule has 0 fully saturated rings. The highest BCUT2D eigenvalue weighted by Gasteiger charge is 2.37. The molecular formula is C14H13BrO6. The van der Waals surface area contributed by atoms with Gasteiger partial charge in [-0.2, -0.15) is 0 Å². The number of aryl methyl sites for hydroxylation is 1. The Morgan fingerprint density at radius 3 is 2.52 bits per heavy atom. The van der Waals surface area contributed by atoms with Crippen LogP contribution in [-0.2, 0) is 25.5 Å². The Hall–Kier alpha value is -1.89. The van der Waals surface area contributed by atoms with Gasteiger partial charge < -0.3 is 14.9 Å². The maximum atomic E-state index is 11.8. The van der Waals surface area contributed by atoms with E-state index in [-0.39, 0.29) is 0 Å². The van der Waals surface area contributed by atoms with Crippen molar-refractivity contribution < 1.29 is 29.3 Å². The second kappa shape index (κ2) is 6.26. The van der Waals surface area contributed by atoms with E-state index in [1.54, 1.807) is 12.1 Å². The summed E-state index contributed by atoms with van der Waals surface area (Å²) in [6.45, 7) is 0. The molecular weight excluding hydrogens is 344 g/mol. The van der Waals surface area contributed by atoms with Crippen molar-refractivity contribution in [3.05, 3.63) is 33.8 Å². The van der Waals surface area contributed by atoms with Crippen molar-refractivity contribution in [1.29, 1.82) is 0 Å². The lowest BCUT2D eigenvalue weighted by Gasteiger charge is -2.26. The lowest BCUT2D eigenvalue weighted by Crippen LogP contribution is -2.34. The molecule has 2 rings (SSSR count). The normalized spacial score (nSPS) is 17.1. The molecule has 1 atom stereocenters. The van der Waals surface area contributed by atoms with Gasteiger partial charge in [-0.05, 0) is 42.5 Å². The summed E-state index contributed by atoms with van der Waals surface area (Å²) in [6.07, 6.45) is 1.57. The van der Waals surface area contributed by atoms with Crippen LogP contribution in [0, 0.1) is 5.92 Å². The maximum absolute atomic E-state index is 11.8. The zero-order valence-corrected chi connectivity index (χ0v) is 12.5. The van der Waals surface area contributed by atoms with E-state index in [0.29, 0.717) is 6.42 Å². The predicted octanol–water partition coefficient (Wildman–Crippen LogP) is 2.16. The smallest absolute Gasteiger partial charge is 0.332 e. The molecule has 0 aromatic heterocycles. The predicted molar refractivity (Wildman–Crippen MR) is 74.7 cm³/mol. The second-order valence-electron chi connectivity index (χ2n) is 4.77. The molecule has 0 aliphatic heterocycles. The number of esters is 1. The molecule has 0 saturated heterocycles. The van der Waals surface area contributed by atoms with Gasteiger partial charge in [-0.1, -0.05) is 22.0 Å². The van der Waals surface area contributed by atoms with Gasteiger partial charge in [0.05, 0.1) is 0 Å². The van der Waals surface area contributed by atoms with E-state index in [1.807, 2.05) is 6.07 Å². The zero-order chi connectivity index (χ0) is 15.6. The molecule has 0 radical (unpaired) electrons. The van der Waals surface area contributed by atoms with Gasteiger partial charge in [0.25, 0.3) is 0 Å². The number of carboxylic acids is 2. The van der Waals surface area contributed by atoms with Crippen molar-refractivity contribution in [3.63, 3.8) is 0 Å². The first-order chi connectivity index (χ1) is 9.90. The van der Waals surface area contributed by atoms with E-state index in [4.69, 9.17) is 14.9 Å². The highest BCUT2D eigenvalue weighted by Crippen LogP contribution is 2.34. The van der Waals surface area contributed by atoms with Crippen LogP contribution in [0.5, 0.6) is 0 Å². The van der Waals surface area contributed by atoms with Gasteiger partial charge in [0.2, 0.25) is 5.92 Å². The Morgan fingerprint density at radius 2 is 1.90 bits per heavy atom. The molecule has 1 aromatic carbocycles. The lowest BCUT2D eigenvalue weighted by molar-refractivity contribution is -0.170. The standard InChI is InChI=1S/C14H13BrO6/c15-8-4-5-9-7(6-8)2-1-3-10(9)21-14(20)11(12(16)17)13(18)19/h4-6,10-11H,1-3H2,(H,16,17)(H,18,19). The highest BCUT2D eigenvalue weighted by molar-refractivity contribution is 9.10. The number of hydrogen-bond donors (Lipinski definition) is 2. The maximum Gasteiger partial charge on any atom is 0.332 e. The minimum absolute atomic E-state index is 0.548. The number of benzene rings is 1. The molecule has 1 aliphatic rings. The number of carbonyl (C=O) groups is 3. The number of rotatable bonds is 4. The molecule has 7 heteroatoms. The Labute approximate surface area is 128 Å². The van der Waals surface area contributed by atoms with E-state index in [2.05, 4.69) is 15.9 Å². The molecule has 2 N–H and O–H groups in total. The summed E-state index contributed by atoms with van der Waals surface area (Å²) in [4.78, 5) is 33.4. The molecule has 1 unspecified atom stereocenters. The van der Waals surface area contributed by atoms with E-state index in [9.17, 15) is 14.4 Å². The van der Waals surface area contributed by atoms with E-state index < -0.39 is 29.9 Å². The minimum Gasteiger partial charge on any atom is -0.480 e. The summed E-state index contributed by atoms with van der Waals surface area (Å²) in [5.41, 5.74) is 1.81. The highest BCUT2D eigenvalue weighted by atomic mass is 79.9. The van der Waals surface area contributed by atoms with Crippen LogP contribution >= 0.6 is 15.9 Å². The third-order valence-electron chi connectivity index (χ3n) is 3.35. The number of hydrogen-bond acceptors (Lipinski definition) is 4. The zero-order valence-electron chi connectivity index (χ0n) is 10.9. The second-order valence-corrected chi connectivity index (χ2v) is 5.69. The van der Waals surface area contributed by atoms with E-state index in [0.717, 1.165) is 28.4 Å². The van der Waals surface area contributed by atoms with Crippen molar-refractivity contribution in [1.82, 2.24) is 0 Å². The van der Waals surface area contributed by atoms with Crippen LogP contribution in [0.1, 0.15) is 30.1 Å². The fraction of sp³-hybridized carbons (Fsp3) is 0.357. The molecule has 0 amide bonds. The third-order valence-corrected chi connectivity index (χ3v) is 3.85. The Morgan fingerprint density at radius 1 is 1.24 bits per heavy atom. The number of aliphatic carboxylic acids is 2. The van der Waals surface area contributed by atoms with Crippen LogP contribution in [0.15, 0.2) is 22.7 Å². The van der Waals surface area contributed by atoms with Crippen LogP contribution in [0.4, 0.5) is 0 Å². The Balaban J connectivity index is 2.20. The average molecular weight is 357 g/mol. The molecule has 1 aromatic rings. The summed E-state index contributed by atoms with van der Waals surface area (Å²) >= 11 is 3.36. The average Bonchev–Trinajstić information content (AvgIpc) is 2.37. The lowest BCUT2D eigenvalue weighted by atomic mass is 9.89. The fourth-order valence-corrected chi connectivity index (χ4v) is 2.78. The number of halogens is 1. The monoisotopic (exact) mass is 356 g/mol. The number of carboxylic acid groups (broad SMARTS) is 2. The van der Waals surface area contributed by atoms with Crippen molar-refractivity contribution in [2.75, 3.05) is 0 Å². The number of ether oxygens (including phenoxy) is 1. The summed E-state index contributed by atoms with van der Waals surface area (Å²) in [5, 5.41) is 17.6. The summed E-state index contributed by atoms with van der Waals surface area (Å²) in [5.74, 6) is -6.87.